The van der Waals surface area contributed by atoms with Crippen LogP contribution in [0.1, 0.15) is 32.0 Å². The Kier molecular flexibility index (Phi) is 6.25. The lowest BCUT2D eigenvalue weighted by molar-refractivity contribution is 0.0843. The number of H-pyrrole nitrogens is 1. The normalized spacial score (nSPS) is 10.3. The van der Waals surface area contributed by atoms with Gasteiger partial charge in [-0.3, -0.25) is 25.2 Å². The highest BCUT2D eigenvalue weighted by Crippen LogP contribution is 2.21. The molecule has 3 N–H and O–H groups in total. The van der Waals surface area contributed by atoms with Crippen molar-refractivity contribution in [2.24, 2.45) is 0 Å². The van der Waals surface area contributed by atoms with Crippen LogP contribution in [0.25, 0.3) is 0 Å². The zero-order valence-electron chi connectivity index (χ0n) is 15.4. The van der Waals surface area contributed by atoms with E-state index >= 15 is 0 Å². The minimum Gasteiger partial charge on any atom is -0.489 e. The summed E-state index contributed by atoms with van der Waals surface area (Å²) in [5.74, 6) is -0.450. The van der Waals surface area contributed by atoms with Gasteiger partial charge in [0, 0.05) is 16.7 Å². The summed E-state index contributed by atoms with van der Waals surface area (Å²) >= 11 is 5.99. The first-order valence-corrected chi connectivity index (χ1v) is 8.94. The van der Waals surface area contributed by atoms with Gasteiger partial charge in [0.1, 0.15) is 12.4 Å². The first kappa shape index (κ1) is 20.1. The van der Waals surface area contributed by atoms with E-state index in [0.29, 0.717) is 22.9 Å². The van der Waals surface area contributed by atoms with Crippen molar-refractivity contribution < 1.29 is 14.3 Å². The predicted molar refractivity (Wildman–Crippen MR) is 107 cm³/mol. The number of aromatic nitrogens is 2. The fourth-order valence-electron chi connectivity index (χ4n) is 2.35. The Morgan fingerprint density at radius 3 is 2.41 bits per heavy atom. The lowest BCUT2D eigenvalue weighted by Gasteiger charge is -2.09. The molecule has 3 rings (SSSR count). The highest BCUT2D eigenvalue weighted by Gasteiger charge is 2.10. The van der Waals surface area contributed by atoms with Crippen molar-refractivity contribution in [2.75, 3.05) is 0 Å². The largest absolute Gasteiger partial charge is 0.489 e. The predicted octanol–water partition coefficient (Wildman–Crippen LogP) is 2.39. The van der Waals surface area contributed by atoms with Crippen molar-refractivity contribution in [2.45, 2.75) is 13.5 Å². The van der Waals surface area contributed by atoms with Crippen LogP contribution < -0.4 is 21.1 Å². The van der Waals surface area contributed by atoms with Gasteiger partial charge >= 0.3 is 0 Å². The summed E-state index contributed by atoms with van der Waals surface area (Å²) in [7, 11) is 0. The van der Waals surface area contributed by atoms with Crippen LogP contribution in [0.4, 0.5) is 0 Å². The molecule has 0 saturated heterocycles. The van der Waals surface area contributed by atoms with E-state index in [0.717, 1.165) is 17.2 Å². The van der Waals surface area contributed by atoms with Crippen LogP contribution in [0.15, 0.2) is 59.4 Å². The van der Waals surface area contributed by atoms with E-state index < -0.39 is 17.4 Å². The lowest BCUT2D eigenvalue weighted by atomic mass is 10.1. The standard InChI is InChI=1S/C20H17ClN4O4/c1-12-10-15(6-7-16(12)21)29-11-13-2-4-14(5-3-13)19(27)24-25-20(28)17-8-9-18(26)23-22-17/h2-10H,11H2,1H3,(H,23,26)(H,24,27)(H,25,28). The van der Waals surface area contributed by atoms with Crippen LogP contribution in [0.5, 0.6) is 5.75 Å². The molecule has 2 amide bonds. The average molecular weight is 413 g/mol. The topological polar surface area (TPSA) is 113 Å². The number of rotatable bonds is 5. The van der Waals surface area contributed by atoms with Crippen molar-refractivity contribution in [1.29, 1.82) is 0 Å². The Morgan fingerprint density at radius 2 is 1.76 bits per heavy atom. The number of hydrogen-bond donors (Lipinski definition) is 3. The Bertz CT molecular complexity index is 1080. The van der Waals surface area contributed by atoms with Crippen molar-refractivity contribution in [3.8, 4) is 5.75 Å². The zero-order valence-corrected chi connectivity index (χ0v) is 16.1. The summed E-state index contributed by atoms with van der Waals surface area (Å²) in [6, 6.07) is 14.6. The Hall–Kier alpha value is -3.65. The maximum Gasteiger partial charge on any atom is 0.290 e. The molecule has 0 aliphatic carbocycles. The van der Waals surface area contributed by atoms with Gasteiger partial charge in [0.15, 0.2) is 5.69 Å². The molecule has 0 atom stereocenters. The fourth-order valence-corrected chi connectivity index (χ4v) is 2.46. The van der Waals surface area contributed by atoms with Gasteiger partial charge in [-0.05, 0) is 54.4 Å². The smallest absolute Gasteiger partial charge is 0.290 e. The number of hydrogen-bond acceptors (Lipinski definition) is 5. The third-order valence-corrected chi connectivity index (χ3v) is 4.38. The van der Waals surface area contributed by atoms with E-state index in [-0.39, 0.29) is 5.69 Å². The number of halogens is 1. The summed E-state index contributed by atoms with van der Waals surface area (Å²) in [6.07, 6.45) is 0. The molecule has 0 saturated carbocycles. The molecule has 0 aliphatic rings. The molecule has 0 fully saturated rings. The van der Waals surface area contributed by atoms with Gasteiger partial charge in [0.05, 0.1) is 0 Å². The van der Waals surface area contributed by atoms with E-state index in [1.165, 1.54) is 6.07 Å². The summed E-state index contributed by atoms with van der Waals surface area (Å²) in [5, 5.41) is 6.39. The molecule has 2 aromatic carbocycles. The van der Waals surface area contributed by atoms with Crippen LogP contribution >= 0.6 is 11.6 Å². The molecule has 0 aliphatic heterocycles. The van der Waals surface area contributed by atoms with Crippen molar-refractivity contribution in [3.05, 3.63) is 92.4 Å². The molecule has 1 aromatic heterocycles. The van der Waals surface area contributed by atoms with E-state index in [2.05, 4.69) is 21.0 Å². The SMILES string of the molecule is Cc1cc(OCc2ccc(C(=O)NNC(=O)c3ccc(=O)[nH]n3)cc2)ccc1Cl. The number of benzene rings is 2. The Morgan fingerprint density at radius 1 is 1.03 bits per heavy atom. The first-order chi connectivity index (χ1) is 13.9. The molecule has 1 heterocycles. The summed E-state index contributed by atoms with van der Waals surface area (Å²) in [5.41, 5.74) is 6.20. The van der Waals surface area contributed by atoms with E-state index in [4.69, 9.17) is 16.3 Å². The quantitative estimate of drug-likeness (QED) is 0.557. The van der Waals surface area contributed by atoms with Crippen LogP contribution in [0.2, 0.25) is 5.02 Å². The maximum absolute atomic E-state index is 12.1. The molecular formula is C20H17ClN4O4. The zero-order chi connectivity index (χ0) is 20.8. The lowest BCUT2D eigenvalue weighted by Crippen LogP contribution is -2.42. The van der Waals surface area contributed by atoms with Crippen molar-refractivity contribution in [1.82, 2.24) is 21.0 Å². The second kappa shape index (κ2) is 9.03. The van der Waals surface area contributed by atoms with E-state index in [1.807, 2.05) is 13.0 Å². The monoisotopic (exact) mass is 412 g/mol. The molecule has 3 aromatic rings. The van der Waals surface area contributed by atoms with Gasteiger partial charge in [-0.15, -0.1) is 0 Å². The number of amides is 2. The van der Waals surface area contributed by atoms with Crippen molar-refractivity contribution in [3.63, 3.8) is 0 Å². The molecule has 9 heteroatoms. The van der Waals surface area contributed by atoms with Gasteiger partial charge in [0.2, 0.25) is 0 Å². The van der Waals surface area contributed by atoms with Gasteiger partial charge in [-0.1, -0.05) is 23.7 Å². The second-order valence-electron chi connectivity index (χ2n) is 6.11. The molecule has 148 valence electrons. The third-order valence-electron chi connectivity index (χ3n) is 3.95. The minimum atomic E-state index is -0.655. The highest BCUT2D eigenvalue weighted by molar-refractivity contribution is 6.31. The number of nitrogens with zero attached hydrogens (tertiary/aromatic N) is 1. The fraction of sp³-hybridized carbons (Fsp3) is 0.100. The van der Waals surface area contributed by atoms with Gasteiger partial charge < -0.3 is 4.74 Å². The summed E-state index contributed by atoms with van der Waals surface area (Å²) in [4.78, 5) is 35.0. The number of ether oxygens (including phenoxy) is 1. The van der Waals surface area contributed by atoms with Crippen LogP contribution in [-0.4, -0.2) is 22.0 Å². The second-order valence-corrected chi connectivity index (χ2v) is 6.52. The summed E-state index contributed by atoms with van der Waals surface area (Å²) < 4.78 is 5.72. The summed E-state index contributed by atoms with van der Waals surface area (Å²) in [6.45, 7) is 2.23. The van der Waals surface area contributed by atoms with Crippen LogP contribution in [0, 0.1) is 6.92 Å². The van der Waals surface area contributed by atoms with E-state index in [9.17, 15) is 14.4 Å². The van der Waals surface area contributed by atoms with E-state index in [1.54, 1.807) is 36.4 Å². The van der Waals surface area contributed by atoms with Crippen LogP contribution in [0.3, 0.4) is 0 Å². The molecule has 8 nitrogen and oxygen atoms in total. The molecule has 0 unspecified atom stereocenters. The maximum atomic E-state index is 12.1. The average Bonchev–Trinajstić information content (AvgIpc) is 2.73. The van der Waals surface area contributed by atoms with Crippen LogP contribution in [-0.2, 0) is 6.61 Å². The number of nitrogens with one attached hydrogen (secondary N) is 3. The number of aromatic amines is 1. The molecule has 0 spiro atoms. The molecular weight excluding hydrogens is 396 g/mol. The van der Waals surface area contributed by atoms with Crippen molar-refractivity contribution >= 4 is 23.4 Å². The third kappa shape index (κ3) is 5.43. The molecule has 0 bridgehead atoms. The molecule has 0 radical (unpaired) electrons. The Balaban J connectivity index is 1.52. The number of carbonyl (C=O) groups excluding carboxylic acids is 2. The number of carbonyl (C=O) groups is 2. The molecule has 29 heavy (non-hydrogen) atoms. The van der Waals surface area contributed by atoms with Gasteiger partial charge in [0.25, 0.3) is 17.4 Å². The Labute approximate surface area is 170 Å². The first-order valence-electron chi connectivity index (χ1n) is 8.57. The number of hydrazine groups is 1. The number of aryl methyl sites for hydroxylation is 1. The highest BCUT2D eigenvalue weighted by atomic mass is 35.5. The minimum absolute atomic E-state index is 0.0326. The van der Waals surface area contributed by atoms with Gasteiger partial charge in [-0.25, -0.2) is 5.10 Å². The van der Waals surface area contributed by atoms with Gasteiger partial charge in [-0.2, -0.15) is 5.10 Å².